The maximum atomic E-state index is 13.3. The summed E-state index contributed by atoms with van der Waals surface area (Å²) in [6, 6.07) is 12.5. The largest absolute Gasteiger partial charge is 0.449 e. The average Bonchev–Trinajstić information content (AvgIpc) is 3.30. The van der Waals surface area contributed by atoms with E-state index in [2.05, 4.69) is 30.2 Å². The zero-order valence-electron chi connectivity index (χ0n) is 20.3. The summed E-state index contributed by atoms with van der Waals surface area (Å²) in [6.07, 6.45) is 3.31. The van der Waals surface area contributed by atoms with E-state index in [4.69, 9.17) is 4.42 Å². The Hall–Kier alpha value is -3.83. The van der Waals surface area contributed by atoms with Crippen molar-refractivity contribution in [3.8, 4) is 11.3 Å². The second kappa shape index (κ2) is 9.67. The number of oxazole rings is 1. The highest BCUT2D eigenvalue weighted by atomic mass is 32.2. The summed E-state index contributed by atoms with van der Waals surface area (Å²) in [4.78, 5) is 20.0. The van der Waals surface area contributed by atoms with Crippen LogP contribution in [0.2, 0.25) is 0 Å². The first-order valence-electron chi connectivity index (χ1n) is 11.6. The third-order valence-electron chi connectivity index (χ3n) is 5.97. The molecule has 186 valence electrons. The number of piperazine rings is 1. The zero-order valence-corrected chi connectivity index (χ0v) is 21.2. The number of anilines is 3. The summed E-state index contributed by atoms with van der Waals surface area (Å²) in [5.74, 6) is 3.29. The number of sulfonamides is 1. The molecule has 4 aromatic rings. The predicted octanol–water partition coefficient (Wildman–Crippen LogP) is 3.71. The van der Waals surface area contributed by atoms with Crippen molar-refractivity contribution in [2.75, 3.05) is 36.4 Å². The molecule has 1 saturated heterocycles. The highest BCUT2D eigenvalue weighted by Crippen LogP contribution is 2.25. The number of rotatable bonds is 6. The topological polar surface area (TPSA) is 117 Å². The molecule has 5 rings (SSSR count). The Labute approximate surface area is 210 Å². The van der Waals surface area contributed by atoms with Gasteiger partial charge >= 0.3 is 0 Å². The van der Waals surface area contributed by atoms with Crippen molar-refractivity contribution in [3.05, 3.63) is 72.2 Å². The number of pyridine rings is 1. The Kier molecular flexibility index (Phi) is 6.42. The van der Waals surface area contributed by atoms with Crippen LogP contribution in [0.3, 0.4) is 0 Å². The highest BCUT2D eigenvalue weighted by molar-refractivity contribution is 7.89. The van der Waals surface area contributed by atoms with E-state index in [1.165, 1.54) is 4.31 Å². The van der Waals surface area contributed by atoms with Crippen LogP contribution in [0, 0.1) is 20.8 Å². The Balaban J connectivity index is 1.27. The third kappa shape index (κ3) is 5.07. The first-order chi connectivity index (χ1) is 17.3. The molecule has 11 heteroatoms. The number of nitrogens with one attached hydrogen (secondary N) is 1. The van der Waals surface area contributed by atoms with Crippen LogP contribution in [0.4, 0.5) is 17.5 Å². The summed E-state index contributed by atoms with van der Waals surface area (Å²) >= 11 is 0. The van der Waals surface area contributed by atoms with Gasteiger partial charge in [0.15, 0.2) is 5.89 Å². The second-order valence-electron chi connectivity index (χ2n) is 8.67. The van der Waals surface area contributed by atoms with Gasteiger partial charge in [-0.15, -0.1) is 0 Å². The zero-order chi connectivity index (χ0) is 25.3. The summed E-state index contributed by atoms with van der Waals surface area (Å²) in [5.41, 5.74) is 2.58. The molecule has 0 aliphatic carbocycles. The lowest BCUT2D eigenvalue weighted by atomic mass is 10.2. The fraction of sp³-hybridized carbons (Fsp3) is 0.280. The molecule has 1 aromatic carbocycles. The Bertz CT molecular complexity index is 1480. The molecule has 10 nitrogen and oxygen atoms in total. The van der Waals surface area contributed by atoms with E-state index in [0.29, 0.717) is 55.2 Å². The SMILES string of the molecule is Cc1ccnc(Nc2cc(N3CCN(S(=O)(=O)c4ccc(-c5coc(C)n5)cc4)CC3)nc(C)n2)c1. The van der Waals surface area contributed by atoms with Crippen molar-refractivity contribution in [1.29, 1.82) is 0 Å². The van der Waals surface area contributed by atoms with Gasteiger partial charge in [0.05, 0.1) is 4.90 Å². The number of aryl methyl sites for hydroxylation is 3. The predicted molar refractivity (Wildman–Crippen MR) is 137 cm³/mol. The summed E-state index contributed by atoms with van der Waals surface area (Å²) in [7, 11) is -3.61. The van der Waals surface area contributed by atoms with Gasteiger partial charge in [0.1, 0.15) is 35.2 Å². The molecule has 0 spiro atoms. The van der Waals surface area contributed by atoms with E-state index in [-0.39, 0.29) is 4.90 Å². The van der Waals surface area contributed by atoms with Crippen LogP contribution in [0.25, 0.3) is 11.3 Å². The van der Waals surface area contributed by atoms with Gasteiger partial charge in [-0.3, -0.25) is 0 Å². The van der Waals surface area contributed by atoms with Crippen LogP contribution in [-0.4, -0.2) is 58.8 Å². The van der Waals surface area contributed by atoms with E-state index >= 15 is 0 Å². The number of hydrogen-bond acceptors (Lipinski definition) is 9. The first kappa shape index (κ1) is 23.9. The molecule has 0 amide bonds. The van der Waals surface area contributed by atoms with Gasteiger partial charge in [0, 0.05) is 50.9 Å². The van der Waals surface area contributed by atoms with Crippen LogP contribution in [0.1, 0.15) is 17.3 Å². The van der Waals surface area contributed by atoms with Gasteiger partial charge in [0.2, 0.25) is 10.0 Å². The van der Waals surface area contributed by atoms with E-state index in [9.17, 15) is 8.42 Å². The minimum Gasteiger partial charge on any atom is -0.449 e. The molecule has 0 radical (unpaired) electrons. The number of aromatic nitrogens is 4. The quantitative estimate of drug-likeness (QED) is 0.418. The van der Waals surface area contributed by atoms with Crippen LogP contribution in [0.15, 0.2) is 64.2 Å². The van der Waals surface area contributed by atoms with Crippen molar-refractivity contribution < 1.29 is 12.8 Å². The molecular formula is C25H27N7O3S. The van der Waals surface area contributed by atoms with E-state index in [1.807, 2.05) is 32.0 Å². The van der Waals surface area contributed by atoms with Gasteiger partial charge in [0.25, 0.3) is 0 Å². The molecule has 3 aromatic heterocycles. The van der Waals surface area contributed by atoms with Gasteiger partial charge < -0.3 is 14.6 Å². The van der Waals surface area contributed by atoms with Crippen LogP contribution in [-0.2, 0) is 10.0 Å². The lowest BCUT2D eigenvalue weighted by Crippen LogP contribution is -2.49. The van der Waals surface area contributed by atoms with Gasteiger partial charge in [-0.2, -0.15) is 4.31 Å². The molecule has 36 heavy (non-hydrogen) atoms. The number of benzene rings is 1. The van der Waals surface area contributed by atoms with E-state index < -0.39 is 10.0 Å². The van der Waals surface area contributed by atoms with Crippen molar-refractivity contribution in [1.82, 2.24) is 24.2 Å². The standard InChI is InChI=1S/C25H27N7O3S/c1-17-8-9-26-23(14-17)30-24-15-25(28-18(2)27-24)31-10-12-32(13-11-31)36(33,34)21-6-4-20(5-7-21)22-16-35-19(3)29-22/h4-9,14-16H,10-13H2,1-3H3,(H,26,27,28,30). The lowest BCUT2D eigenvalue weighted by molar-refractivity contribution is 0.383. The van der Waals surface area contributed by atoms with Crippen LogP contribution >= 0.6 is 0 Å². The van der Waals surface area contributed by atoms with Crippen LogP contribution < -0.4 is 10.2 Å². The molecule has 1 aliphatic heterocycles. The first-order valence-corrected chi connectivity index (χ1v) is 13.0. The van der Waals surface area contributed by atoms with E-state index in [1.54, 1.807) is 43.6 Å². The minimum absolute atomic E-state index is 0.259. The average molecular weight is 506 g/mol. The molecule has 0 saturated carbocycles. The Morgan fingerprint density at radius 3 is 2.31 bits per heavy atom. The number of nitrogens with zero attached hydrogens (tertiary/aromatic N) is 6. The monoisotopic (exact) mass is 505 g/mol. The molecule has 0 atom stereocenters. The molecule has 1 fully saturated rings. The third-order valence-corrected chi connectivity index (χ3v) is 7.88. The van der Waals surface area contributed by atoms with Crippen molar-refractivity contribution in [2.24, 2.45) is 0 Å². The molecule has 0 bridgehead atoms. The van der Waals surface area contributed by atoms with Crippen molar-refractivity contribution in [3.63, 3.8) is 0 Å². The molecular weight excluding hydrogens is 478 g/mol. The van der Waals surface area contributed by atoms with Gasteiger partial charge in [-0.05, 0) is 43.7 Å². The molecule has 0 unspecified atom stereocenters. The van der Waals surface area contributed by atoms with Crippen molar-refractivity contribution >= 4 is 27.5 Å². The fourth-order valence-electron chi connectivity index (χ4n) is 4.11. The Morgan fingerprint density at radius 2 is 1.64 bits per heavy atom. The smallest absolute Gasteiger partial charge is 0.243 e. The maximum Gasteiger partial charge on any atom is 0.243 e. The van der Waals surface area contributed by atoms with Gasteiger partial charge in [-0.1, -0.05) is 12.1 Å². The second-order valence-corrected chi connectivity index (χ2v) is 10.6. The summed E-state index contributed by atoms with van der Waals surface area (Å²) in [6.45, 7) is 7.37. The Morgan fingerprint density at radius 1 is 0.889 bits per heavy atom. The maximum absolute atomic E-state index is 13.3. The lowest BCUT2D eigenvalue weighted by Gasteiger charge is -2.34. The molecule has 1 N–H and O–H groups in total. The number of hydrogen-bond donors (Lipinski definition) is 1. The van der Waals surface area contributed by atoms with E-state index in [0.717, 1.165) is 16.9 Å². The minimum atomic E-state index is -3.61. The van der Waals surface area contributed by atoms with Crippen molar-refractivity contribution in [2.45, 2.75) is 25.7 Å². The summed E-state index contributed by atoms with van der Waals surface area (Å²) < 4.78 is 33.3. The molecule has 1 aliphatic rings. The summed E-state index contributed by atoms with van der Waals surface area (Å²) in [5, 5.41) is 3.23. The van der Waals surface area contributed by atoms with Crippen LogP contribution in [0.5, 0.6) is 0 Å². The highest BCUT2D eigenvalue weighted by Gasteiger charge is 2.29. The fourth-order valence-corrected chi connectivity index (χ4v) is 5.54. The molecule has 4 heterocycles. The normalized spacial score (nSPS) is 14.7. The van der Waals surface area contributed by atoms with Gasteiger partial charge in [-0.25, -0.2) is 28.4 Å².